The minimum absolute atomic E-state index is 0.104. The van der Waals surface area contributed by atoms with Crippen LogP contribution in [0.15, 0.2) is 77.0 Å². The predicted octanol–water partition coefficient (Wildman–Crippen LogP) is 4.81. The van der Waals surface area contributed by atoms with Crippen molar-refractivity contribution in [1.82, 2.24) is 5.32 Å². The van der Waals surface area contributed by atoms with Crippen LogP contribution in [0, 0.1) is 0 Å². The van der Waals surface area contributed by atoms with Gasteiger partial charge >= 0.3 is 6.48 Å². The first-order valence-electron chi connectivity index (χ1n) is 10.9. The van der Waals surface area contributed by atoms with Gasteiger partial charge in [-0.25, -0.2) is 0 Å². The highest BCUT2D eigenvalue weighted by Crippen LogP contribution is 2.37. The number of halogens is 3. The van der Waals surface area contributed by atoms with E-state index in [-0.39, 0.29) is 23.1 Å². The average molecular weight is 491 g/mol. The van der Waals surface area contributed by atoms with Crippen molar-refractivity contribution < 1.29 is 9.45 Å². The quantitative estimate of drug-likeness (QED) is 0.484. The number of carbonyl (C=O) groups excluding carboxylic acids is 1. The second-order valence-corrected chi connectivity index (χ2v) is 10.7. The van der Waals surface area contributed by atoms with Crippen LogP contribution in [0.25, 0.3) is 0 Å². The Morgan fingerprint density at radius 2 is 1.50 bits per heavy atom. The molecule has 8 heteroatoms. The molecule has 0 bridgehead atoms. The van der Waals surface area contributed by atoms with E-state index in [1.165, 1.54) is 13.3 Å². The molecule has 4 rings (SSSR count). The monoisotopic (exact) mass is 489 g/mol. The number of nitrogens with one attached hydrogen (secondary N) is 1. The summed E-state index contributed by atoms with van der Waals surface area (Å²) in [6.07, 6.45) is 5.45. The van der Waals surface area contributed by atoms with E-state index in [9.17, 15) is 4.79 Å². The molecule has 0 unspecified atom stereocenters. The number of carbonyl (C=O) groups is 1. The zero-order valence-electron chi connectivity index (χ0n) is 17.9. The first-order valence-corrected chi connectivity index (χ1v) is 12.1. The number of benzene rings is 2. The molecule has 0 atom stereocenters. The van der Waals surface area contributed by atoms with Gasteiger partial charge in [-0.05, 0) is 19.8 Å². The van der Waals surface area contributed by atoms with Gasteiger partial charge in [-0.1, -0.05) is 115 Å². The summed E-state index contributed by atoms with van der Waals surface area (Å²) in [7, 11) is 0. The Bertz CT molecular complexity index is 991. The molecular weight excluding hydrogens is 465 g/mol. The van der Waals surface area contributed by atoms with Crippen LogP contribution in [-0.2, 0) is 9.45 Å². The maximum absolute atomic E-state index is 12.8. The lowest BCUT2D eigenvalue weighted by Gasteiger charge is -2.47. The summed E-state index contributed by atoms with van der Waals surface area (Å²) in [6, 6.07) is 19.5. The Kier molecular flexibility index (Phi) is 6.90. The summed E-state index contributed by atoms with van der Waals surface area (Å²) >= 11 is 19.2. The van der Waals surface area contributed by atoms with E-state index in [0.29, 0.717) is 5.88 Å². The lowest BCUT2D eigenvalue weighted by atomic mass is 9.42. The van der Waals surface area contributed by atoms with E-state index in [1.54, 1.807) is 0 Å². The Morgan fingerprint density at radius 3 is 1.97 bits per heavy atom. The number of Topliss-reactive ketones (excluding diaryl/α,β-unsaturated/α-hetero) is 1. The molecule has 1 N–H and O–H groups in total. The van der Waals surface area contributed by atoms with Crippen LogP contribution in [-0.4, -0.2) is 27.8 Å². The molecule has 0 saturated heterocycles. The van der Waals surface area contributed by atoms with E-state index in [2.05, 4.69) is 5.32 Å². The Labute approximate surface area is 204 Å². The van der Waals surface area contributed by atoms with Crippen LogP contribution in [0.4, 0.5) is 0 Å². The zero-order valence-corrected chi connectivity index (χ0v) is 20.1. The van der Waals surface area contributed by atoms with Crippen molar-refractivity contribution >= 4 is 63.7 Å². The van der Waals surface area contributed by atoms with Crippen LogP contribution in [0.2, 0.25) is 0 Å². The van der Waals surface area contributed by atoms with Crippen molar-refractivity contribution in [2.24, 2.45) is 4.90 Å². The summed E-state index contributed by atoms with van der Waals surface area (Å²) in [6.45, 7) is -0.753. The normalized spacial score (nSPS) is 19.2. The zero-order chi connectivity index (χ0) is 22.8. The van der Waals surface area contributed by atoms with E-state index in [1.807, 2.05) is 60.7 Å². The van der Waals surface area contributed by atoms with Gasteiger partial charge in [0.05, 0.1) is 11.3 Å². The molecule has 2 aliphatic rings. The largest absolute Gasteiger partial charge is 0.676 e. The molecule has 1 aliphatic carbocycles. The summed E-state index contributed by atoms with van der Waals surface area (Å²) in [5.74, 6) is 0.0762. The van der Waals surface area contributed by atoms with Crippen LogP contribution in [0.5, 0.6) is 0 Å². The van der Waals surface area contributed by atoms with Gasteiger partial charge in [0.1, 0.15) is 0 Å². The van der Waals surface area contributed by atoms with Gasteiger partial charge in [-0.2, -0.15) is 0 Å². The lowest BCUT2D eigenvalue weighted by Crippen LogP contribution is -2.63. The highest BCUT2D eigenvalue weighted by Gasteiger charge is 2.43. The van der Waals surface area contributed by atoms with E-state index in [0.717, 1.165) is 36.6 Å². The molecule has 0 spiro atoms. The summed E-state index contributed by atoms with van der Waals surface area (Å²) in [5.41, 5.74) is 1.96. The van der Waals surface area contributed by atoms with Gasteiger partial charge < -0.3 is 14.9 Å². The van der Waals surface area contributed by atoms with Crippen molar-refractivity contribution in [3.05, 3.63) is 72.1 Å². The second-order valence-electron chi connectivity index (χ2n) is 8.40. The van der Waals surface area contributed by atoms with Crippen molar-refractivity contribution in [3.8, 4) is 0 Å². The number of alkyl halides is 3. The number of hydrogen-bond acceptors (Lipinski definition) is 4. The first-order chi connectivity index (χ1) is 15.3. The number of rotatable bonds is 5. The third kappa shape index (κ3) is 4.71. The third-order valence-electron chi connectivity index (χ3n) is 6.13. The van der Waals surface area contributed by atoms with Crippen LogP contribution < -0.4 is 16.2 Å². The van der Waals surface area contributed by atoms with Crippen molar-refractivity contribution in [3.63, 3.8) is 0 Å². The van der Waals surface area contributed by atoms with Crippen LogP contribution in [0.1, 0.15) is 39.0 Å². The fourth-order valence-electron chi connectivity index (χ4n) is 4.60. The predicted molar refractivity (Wildman–Crippen MR) is 134 cm³/mol. The molecule has 4 nitrogen and oxygen atoms in total. The summed E-state index contributed by atoms with van der Waals surface area (Å²) < 4.78 is 4.79. The van der Waals surface area contributed by atoms with E-state index >= 15 is 0 Å². The van der Waals surface area contributed by atoms with Gasteiger partial charge in [0, 0.05) is 6.04 Å². The Morgan fingerprint density at radius 1 is 0.969 bits per heavy atom. The molecule has 0 radical (unpaired) electrons. The van der Waals surface area contributed by atoms with Crippen LogP contribution >= 0.6 is 34.8 Å². The molecule has 1 aliphatic heterocycles. The lowest BCUT2D eigenvalue weighted by molar-refractivity contribution is -0.113. The molecule has 2 aromatic carbocycles. The molecule has 32 heavy (non-hydrogen) atoms. The number of allylic oxidation sites excluding steroid dienone is 1. The molecule has 1 fully saturated rings. The molecule has 2 aromatic rings. The Hall–Kier alpha value is -1.95. The van der Waals surface area contributed by atoms with Gasteiger partial charge in [0.2, 0.25) is 3.79 Å². The number of ketones is 1. The molecule has 1 heterocycles. The SMILES string of the molecule is CC(=O)C1=C(NC2CCCCC2)O[B-](c2ccccc2)(c2ccccc2)N=C1C(Cl)(Cl)Cl. The topological polar surface area (TPSA) is 50.7 Å². The Balaban J connectivity index is 1.94. The van der Waals surface area contributed by atoms with Crippen LogP contribution in [0.3, 0.4) is 0 Å². The van der Waals surface area contributed by atoms with E-state index < -0.39 is 10.3 Å². The molecule has 0 amide bonds. The van der Waals surface area contributed by atoms with Gasteiger partial charge in [0.25, 0.3) is 0 Å². The van der Waals surface area contributed by atoms with Gasteiger partial charge in [-0.3, -0.25) is 4.79 Å². The second kappa shape index (κ2) is 9.50. The highest BCUT2D eigenvalue weighted by atomic mass is 35.6. The number of hydrogen-bond donors (Lipinski definition) is 1. The highest BCUT2D eigenvalue weighted by molar-refractivity contribution is 6.98. The molecule has 0 aromatic heterocycles. The van der Waals surface area contributed by atoms with Gasteiger partial charge in [0.15, 0.2) is 11.7 Å². The minimum Gasteiger partial charge on any atom is -0.676 e. The van der Waals surface area contributed by atoms with Crippen molar-refractivity contribution in [1.29, 1.82) is 0 Å². The molecule has 1 saturated carbocycles. The first kappa shape index (κ1) is 23.2. The maximum Gasteiger partial charge on any atom is 0.336 e. The van der Waals surface area contributed by atoms with Gasteiger partial charge in [-0.15, -0.1) is 10.9 Å². The summed E-state index contributed by atoms with van der Waals surface area (Å²) in [5, 5.41) is 3.48. The van der Waals surface area contributed by atoms with Crippen molar-refractivity contribution in [2.75, 3.05) is 0 Å². The standard InChI is InChI=1S/C24H25BCl3N2O2/c1-17(31)21-22(24(26,27)28)30-25(18-11-5-2-6-12-18,19-13-7-3-8-14-19)32-23(21)29-20-15-9-4-10-16-20/h2-3,5-8,11-14,20,29H,4,9-10,15-16H2,1H3/q-1. The van der Waals surface area contributed by atoms with E-state index in [4.69, 9.17) is 44.4 Å². The minimum atomic E-state index is -2.20. The fraction of sp³-hybridized carbons (Fsp3) is 0.333. The average Bonchev–Trinajstić information content (AvgIpc) is 2.79. The fourth-order valence-corrected chi connectivity index (χ4v) is 5.03. The maximum atomic E-state index is 12.8. The summed E-state index contributed by atoms with van der Waals surface area (Å²) in [4.78, 5) is 17.7. The molecular formula is C24H25BCl3N2O2-. The van der Waals surface area contributed by atoms with Crippen molar-refractivity contribution in [2.45, 2.75) is 48.9 Å². The number of nitrogens with zero attached hydrogens (tertiary/aromatic N) is 1. The molecule has 168 valence electrons. The third-order valence-corrected chi connectivity index (χ3v) is 6.66. The smallest absolute Gasteiger partial charge is 0.336 e.